The summed E-state index contributed by atoms with van der Waals surface area (Å²) in [5, 5.41) is 9.37. The van der Waals surface area contributed by atoms with Crippen molar-refractivity contribution in [1.29, 1.82) is 0 Å². The van der Waals surface area contributed by atoms with E-state index in [9.17, 15) is 13.2 Å². The van der Waals surface area contributed by atoms with E-state index in [-0.39, 0.29) is 11.1 Å². The molecule has 0 saturated heterocycles. The summed E-state index contributed by atoms with van der Waals surface area (Å²) in [6.45, 7) is 0. The van der Waals surface area contributed by atoms with Crippen molar-refractivity contribution in [1.82, 2.24) is 20.1 Å². The number of nitrogens with one attached hydrogen (secondary N) is 1. The molecule has 0 saturated carbocycles. The summed E-state index contributed by atoms with van der Waals surface area (Å²) in [4.78, 5) is 11.5. The van der Waals surface area contributed by atoms with E-state index in [0.29, 0.717) is 11.3 Å². The van der Waals surface area contributed by atoms with E-state index in [1.807, 2.05) is 0 Å². The molecule has 0 fully saturated rings. The van der Waals surface area contributed by atoms with Crippen LogP contribution in [0.2, 0.25) is 0 Å². The van der Waals surface area contributed by atoms with E-state index < -0.39 is 10.7 Å². The second-order valence-electron chi connectivity index (χ2n) is 3.39. The zero-order valence-corrected chi connectivity index (χ0v) is 10.3. The third-order valence-corrected chi connectivity index (χ3v) is 2.94. The topological polar surface area (TPSA) is 93.9 Å². The van der Waals surface area contributed by atoms with Gasteiger partial charge in [0.15, 0.2) is 0 Å². The molecule has 0 aliphatic rings. The van der Waals surface area contributed by atoms with E-state index in [0.717, 1.165) is 0 Å². The summed E-state index contributed by atoms with van der Waals surface area (Å²) < 4.78 is 23.2. The highest BCUT2D eigenvalue weighted by Crippen LogP contribution is 2.12. The van der Waals surface area contributed by atoms with Crippen LogP contribution in [0.3, 0.4) is 0 Å². The van der Waals surface area contributed by atoms with Crippen LogP contribution in [-0.4, -0.2) is 36.1 Å². The van der Waals surface area contributed by atoms with Crippen LogP contribution in [-0.2, 0) is 10.7 Å². The van der Waals surface area contributed by atoms with Crippen molar-refractivity contribution in [2.45, 2.75) is 5.16 Å². The molecule has 0 aliphatic heterocycles. The van der Waals surface area contributed by atoms with Crippen LogP contribution in [0.25, 0.3) is 5.69 Å². The first kappa shape index (κ1) is 12.2. The van der Waals surface area contributed by atoms with Gasteiger partial charge in [0.05, 0.1) is 5.69 Å². The number of rotatable bonds is 3. The number of hydrogen-bond donors (Lipinski definition) is 2. The van der Waals surface area contributed by atoms with Gasteiger partial charge in [-0.2, -0.15) is 0 Å². The molecule has 0 radical (unpaired) electrons. The summed E-state index contributed by atoms with van der Waals surface area (Å²) in [6, 6.07) is 6.51. The second-order valence-corrected chi connectivity index (χ2v) is 4.30. The van der Waals surface area contributed by atoms with Gasteiger partial charge in [-0.3, -0.25) is 9.36 Å². The van der Waals surface area contributed by atoms with Gasteiger partial charge in [-0.15, -0.1) is 10.2 Å². The van der Waals surface area contributed by atoms with Crippen molar-refractivity contribution in [3.63, 3.8) is 0 Å². The second kappa shape index (κ2) is 4.96. The summed E-state index contributed by atoms with van der Waals surface area (Å²) >= 11 is 0. The molecule has 0 bridgehead atoms. The first-order chi connectivity index (χ1) is 8.63. The fraction of sp³-hybridized carbons (Fsp3) is 0.100. The first-order valence-electron chi connectivity index (χ1n) is 5.00. The number of carbonyl (C=O) groups excluding carboxylic acids is 1. The van der Waals surface area contributed by atoms with E-state index in [1.54, 1.807) is 24.3 Å². The van der Waals surface area contributed by atoms with Crippen LogP contribution in [0, 0.1) is 0 Å². The number of amides is 1. The maximum atomic E-state index is 11.5. The monoisotopic (exact) mass is 266 g/mol. The van der Waals surface area contributed by atoms with Crippen molar-refractivity contribution in [2.24, 2.45) is 0 Å². The van der Waals surface area contributed by atoms with Crippen molar-refractivity contribution >= 4 is 16.6 Å². The minimum absolute atomic E-state index is 0.168. The Bertz CT molecular complexity index is 655. The minimum Gasteiger partial charge on any atom is -0.355 e. The summed E-state index contributed by atoms with van der Waals surface area (Å²) in [6.07, 6.45) is 1.28. The highest BCUT2D eigenvalue weighted by molar-refractivity contribution is 7.72. The van der Waals surface area contributed by atoms with Crippen molar-refractivity contribution in [3.05, 3.63) is 36.2 Å². The number of hydrogen-bond acceptors (Lipinski definition) is 5. The molecule has 1 N–H and O–H groups in total. The molecule has 0 spiro atoms. The fourth-order valence-electron chi connectivity index (χ4n) is 1.48. The molecule has 0 aliphatic carbocycles. The lowest BCUT2D eigenvalue weighted by Crippen LogP contribution is -2.17. The molecular formula is C10H10N4O3S. The quantitative estimate of drug-likeness (QED) is 0.737. The van der Waals surface area contributed by atoms with E-state index >= 15 is 0 Å². The zero-order chi connectivity index (χ0) is 13.1. The van der Waals surface area contributed by atoms with Gasteiger partial charge in [0.1, 0.15) is 6.33 Å². The van der Waals surface area contributed by atoms with Crippen LogP contribution in [0.15, 0.2) is 35.7 Å². The molecule has 1 heterocycles. The molecule has 1 amide bonds. The van der Waals surface area contributed by atoms with E-state index in [2.05, 4.69) is 15.5 Å². The van der Waals surface area contributed by atoms with Crippen molar-refractivity contribution in [3.8, 4) is 5.69 Å². The van der Waals surface area contributed by atoms with Crippen LogP contribution < -0.4 is 5.32 Å². The Morgan fingerprint density at radius 2 is 2.17 bits per heavy atom. The molecule has 2 rings (SSSR count). The Morgan fingerprint density at radius 1 is 1.39 bits per heavy atom. The zero-order valence-electron chi connectivity index (χ0n) is 9.40. The molecule has 2 aromatic rings. The van der Waals surface area contributed by atoms with Gasteiger partial charge in [-0.05, 0) is 18.2 Å². The lowest BCUT2D eigenvalue weighted by atomic mass is 10.2. The normalized spacial score (nSPS) is 10.6. The van der Waals surface area contributed by atoms with Gasteiger partial charge in [-0.1, -0.05) is 6.07 Å². The number of benzene rings is 1. The van der Waals surface area contributed by atoms with Crippen LogP contribution in [0.4, 0.5) is 0 Å². The minimum atomic E-state index is -2.84. The van der Waals surface area contributed by atoms with Gasteiger partial charge < -0.3 is 5.32 Å². The Labute approximate surface area is 104 Å². The standard InChI is InChI=1S/C10H10N4O3S/c1-11-9(15)7-3-2-4-8(5-7)14-6-12-13-10(14)18(16)17/h2-6,18H,1H3,(H,11,15). The summed E-state index contributed by atoms with van der Waals surface area (Å²) in [5.41, 5.74) is 0.936. The average Bonchev–Trinajstić information content (AvgIpc) is 2.87. The number of thiol groups is 1. The highest BCUT2D eigenvalue weighted by atomic mass is 32.2. The van der Waals surface area contributed by atoms with Gasteiger partial charge in [0, 0.05) is 12.6 Å². The number of nitrogens with zero attached hydrogens (tertiary/aromatic N) is 3. The smallest absolute Gasteiger partial charge is 0.251 e. The lowest BCUT2D eigenvalue weighted by molar-refractivity contribution is 0.0963. The lowest BCUT2D eigenvalue weighted by Gasteiger charge is -2.05. The largest absolute Gasteiger partial charge is 0.355 e. The van der Waals surface area contributed by atoms with Gasteiger partial charge in [0.2, 0.25) is 10.7 Å². The van der Waals surface area contributed by atoms with Gasteiger partial charge in [-0.25, -0.2) is 8.42 Å². The number of carbonyl (C=O) groups is 1. The molecule has 18 heavy (non-hydrogen) atoms. The summed E-state index contributed by atoms with van der Waals surface area (Å²) in [7, 11) is -1.32. The molecule has 8 heteroatoms. The predicted molar refractivity (Wildman–Crippen MR) is 63.3 cm³/mol. The van der Waals surface area contributed by atoms with Crippen LogP contribution >= 0.6 is 0 Å². The molecule has 94 valence electrons. The maximum Gasteiger partial charge on any atom is 0.251 e. The van der Waals surface area contributed by atoms with E-state index in [4.69, 9.17) is 0 Å². The highest BCUT2D eigenvalue weighted by Gasteiger charge is 2.10. The Hall–Kier alpha value is -2.22. The average molecular weight is 266 g/mol. The Morgan fingerprint density at radius 3 is 2.83 bits per heavy atom. The van der Waals surface area contributed by atoms with Crippen LogP contribution in [0.1, 0.15) is 10.4 Å². The van der Waals surface area contributed by atoms with Gasteiger partial charge >= 0.3 is 0 Å². The van der Waals surface area contributed by atoms with Crippen molar-refractivity contribution < 1.29 is 13.2 Å². The number of aromatic nitrogens is 3. The fourth-order valence-corrected chi connectivity index (χ4v) is 1.94. The summed E-state index contributed by atoms with van der Waals surface area (Å²) in [5.74, 6) is -0.252. The SMILES string of the molecule is CNC(=O)c1cccc(-n2cnnc2[SH](=O)=O)c1. The predicted octanol–water partition coefficient (Wildman–Crippen LogP) is -0.403. The molecule has 0 atom stereocenters. The Kier molecular flexibility index (Phi) is 3.38. The van der Waals surface area contributed by atoms with Crippen molar-refractivity contribution in [2.75, 3.05) is 7.05 Å². The molecule has 1 aromatic carbocycles. The molecule has 0 unspecified atom stereocenters. The molecule has 1 aromatic heterocycles. The first-order valence-corrected chi connectivity index (χ1v) is 6.18. The van der Waals surface area contributed by atoms with Crippen LogP contribution in [0.5, 0.6) is 0 Å². The Balaban J connectivity index is 2.51. The third-order valence-electron chi connectivity index (χ3n) is 2.31. The van der Waals surface area contributed by atoms with E-state index in [1.165, 1.54) is 17.9 Å². The third kappa shape index (κ3) is 2.23. The van der Waals surface area contributed by atoms with Gasteiger partial charge in [0.25, 0.3) is 11.1 Å². The maximum absolute atomic E-state index is 11.5. The molecule has 7 nitrogen and oxygen atoms in total. The molecular weight excluding hydrogens is 256 g/mol.